The summed E-state index contributed by atoms with van der Waals surface area (Å²) in [6, 6.07) is 8.67. The number of hydrogen-bond acceptors (Lipinski definition) is 3. The van der Waals surface area contributed by atoms with Crippen LogP contribution in [-0.4, -0.2) is 14.3 Å². The molecule has 19 heavy (non-hydrogen) atoms. The van der Waals surface area contributed by atoms with Gasteiger partial charge in [0.2, 0.25) is 0 Å². The van der Waals surface area contributed by atoms with E-state index in [9.17, 15) is 17.6 Å². The minimum atomic E-state index is -4.01. The van der Waals surface area contributed by atoms with Crippen molar-refractivity contribution in [3.8, 4) is 0 Å². The largest absolute Gasteiger partial charge is 0.293 e. The Bertz CT molecular complexity index is 615. The Morgan fingerprint density at radius 3 is 2.32 bits per heavy atom. The Hall–Kier alpha value is -1.95. The maximum atomic E-state index is 13.2. The van der Waals surface area contributed by atoms with Crippen molar-refractivity contribution >= 4 is 22.0 Å². The molecule has 6 heteroatoms. The van der Waals surface area contributed by atoms with E-state index < -0.39 is 21.8 Å². The lowest BCUT2D eigenvalue weighted by molar-refractivity contribution is -0.117. The minimum absolute atomic E-state index is 0.111. The van der Waals surface area contributed by atoms with Gasteiger partial charge in [-0.2, -0.15) is 0 Å². The Morgan fingerprint density at radius 1 is 1.21 bits per heavy atom. The summed E-state index contributed by atoms with van der Waals surface area (Å²) in [5, 5.41) is 0.818. The molecule has 0 aliphatic heterocycles. The summed E-state index contributed by atoms with van der Waals surface area (Å²) in [5.74, 6) is -2.37. The van der Waals surface area contributed by atoms with Gasteiger partial charge in [0.05, 0.1) is 5.41 Å². The van der Waals surface area contributed by atoms with Crippen LogP contribution in [0.5, 0.6) is 0 Å². The Morgan fingerprint density at radius 2 is 1.79 bits per heavy atom. The van der Waals surface area contributed by atoms with E-state index in [0.29, 0.717) is 5.56 Å². The highest BCUT2D eigenvalue weighted by Crippen LogP contribution is 2.06. The zero-order valence-electron chi connectivity index (χ0n) is 10.6. The van der Waals surface area contributed by atoms with Gasteiger partial charge in [0.15, 0.2) is 5.83 Å². The summed E-state index contributed by atoms with van der Waals surface area (Å²) in [7, 11) is -4.01. The molecular weight excluding hydrogens is 269 g/mol. The van der Waals surface area contributed by atoms with Crippen molar-refractivity contribution in [3.05, 3.63) is 52.7 Å². The second-order valence-corrected chi connectivity index (χ2v) is 5.57. The first-order valence-corrected chi connectivity index (χ1v) is 7.00. The van der Waals surface area contributed by atoms with Crippen LogP contribution >= 0.6 is 0 Å². The minimum Gasteiger partial charge on any atom is -0.266 e. The first-order chi connectivity index (χ1) is 8.82. The van der Waals surface area contributed by atoms with E-state index >= 15 is 0 Å². The number of halogens is 1. The summed E-state index contributed by atoms with van der Waals surface area (Å²) < 4.78 is 37.9. The predicted octanol–water partition coefficient (Wildman–Crippen LogP) is 2.37. The van der Waals surface area contributed by atoms with Gasteiger partial charge >= 0.3 is 0 Å². The van der Waals surface area contributed by atoms with Crippen molar-refractivity contribution in [2.45, 2.75) is 13.8 Å². The second kappa shape index (κ2) is 6.29. The maximum absolute atomic E-state index is 13.2. The number of allylic oxidation sites excluding steroid dienone is 1. The normalized spacial score (nSPS) is 11.3. The number of hydrogen-bond donors (Lipinski definition) is 1. The summed E-state index contributed by atoms with van der Waals surface area (Å²) in [6.07, 6.45) is 1.32. The lowest BCUT2D eigenvalue weighted by atomic mass is 10.2. The molecule has 1 aromatic rings. The van der Waals surface area contributed by atoms with E-state index in [0.717, 1.165) is 5.41 Å². The van der Waals surface area contributed by atoms with E-state index in [2.05, 4.69) is 0 Å². The SMILES string of the molecule is CC(C)=C(F)C(=O)NS(=O)(=O)C=Cc1ccccc1. The Kier molecular flexibility index (Phi) is 5.00. The molecule has 4 nitrogen and oxygen atoms in total. The summed E-state index contributed by atoms with van der Waals surface area (Å²) in [5.41, 5.74) is 0.766. The smallest absolute Gasteiger partial charge is 0.266 e. The van der Waals surface area contributed by atoms with Crippen LogP contribution in [0.2, 0.25) is 0 Å². The number of benzene rings is 1. The summed E-state index contributed by atoms with van der Waals surface area (Å²) >= 11 is 0. The van der Waals surface area contributed by atoms with Crippen molar-refractivity contribution in [3.63, 3.8) is 0 Å². The van der Waals surface area contributed by atoms with Gasteiger partial charge in [-0.15, -0.1) is 0 Å². The number of sulfonamides is 1. The Balaban J connectivity index is 2.81. The van der Waals surface area contributed by atoms with Crippen LogP contribution in [0.4, 0.5) is 4.39 Å². The van der Waals surface area contributed by atoms with Gasteiger partial charge in [-0.3, -0.25) is 4.79 Å². The van der Waals surface area contributed by atoms with E-state index in [-0.39, 0.29) is 5.57 Å². The van der Waals surface area contributed by atoms with Gasteiger partial charge in [-0.05, 0) is 31.1 Å². The van der Waals surface area contributed by atoms with Gasteiger partial charge in [-0.1, -0.05) is 30.3 Å². The zero-order valence-corrected chi connectivity index (χ0v) is 11.4. The molecule has 0 aliphatic carbocycles. The average Bonchev–Trinajstić information content (AvgIpc) is 2.36. The third-order valence-corrected chi connectivity index (χ3v) is 3.08. The van der Waals surface area contributed by atoms with Crippen molar-refractivity contribution in [2.24, 2.45) is 0 Å². The van der Waals surface area contributed by atoms with Crippen molar-refractivity contribution in [2.75, 3.05) is 0 Å². The average molecular weight is 283 g/mol. The van der Waals surface area contributed by atoms with Crippen LogP contribution < -0.4 is 4.72 Å². The van der Waals surface area contributed by atoms with Crippen LogP contribution in [0.15, 0.2) is 47.1 Å². The zero-order chi connectivity index (χ0) is 14.5. The molecule has 1 rings (SSSR count). The predicted molar refractivity (Wildman–Crippen MR) is 72.0 cm³/mol. The first-order valence-electron chi connectivity index (χ1n) is 5.45. The van der Waals surface area contributed by atoms with Gasteiger partial charge in [0.1, 0.15) is 0 Å². The second-order valence-electron chi connectivity index (χ2n) is 4.00. The quantitative estimate of drug-likeness (QED) is 0.863. The molecule has 0 bridgehead atoms. The molecule has 0 saturated heterocycles. The van der Waals surface area contributed by atoms with Crippen molar-refractivity contribution in [1.29, 1.82) is 0 Å². The van der Waals surface area contributed by atoms with E-state index in [1.54, 1.807) is 35.1 Å². The first kappa shape index (κ1) is 15.1. The van der Waals surface area contributed by atoms with Crippen molar-refractivity contribution in [1.82, 2.24) is 4.72 Å². The molecule has 0 aliphatic rings. The van der Waals surface area contributed by atoms with Crippen LogP contribution in [0.25, 0.3) is 6.08 Å². The van der Waals surface area contributed by atoms with Crippen molar-refractivity contribution < 1.29 is 17.6 Å². The molecule has 0 fully saturated rings. The summed E-state index contributed by atoms with van der Waals surface area (Å²) in [6.45, 7) is 2.75. The fourth-order valence-electron chi connectivity index (χ4n) is 1.17. The molecule has 1 aromatic carbocycles. The molecule has 1 N–H and O–H groups in total. The molecule has 0 heterocycles. The molecule has 0 radical (unpaired) electrons. The fraction of sp³-hybridized carbons (Fsp3) is 0.154. The number of carbonyl (C=O) groups excluding carboxylic acids is 1. The molecular formula is C13H14FNO3S. The topological polar surface area (TPSA) is 63.2 Å². The van der Waals surface area contributed by atoms with Gasteiger partial charge in [0, 0.05) is 0 Å². The fourth-order valence-corrected chi connectivity index (χ4v) is 1.92. The van der Waals surface area contributed by atoms with Gasteiger partial charge in [0.25, 0.3) is 15.9 Å². The van der Waals surface area contributed by atoms with Crippen LogP contribution in [0.1, 0.15) is 19.4 Å². The molecule has 0 atom stereocenters. The van der Waals surface area contributed by atoms with E-state index in [4.69, 9.17) is 0 Å². The van der Waals surface area contributed by atoms with E-state index in [1.165, 1.54) is 19.9 Å². The molecule has 0 aromatic heterocycles. The highest BCUT2D eigenvalue weighted by molar-refractivity contribution is 7.93. The standard InChI is InChI=1S/C13H14FNO3S/c1-10(2)12(14)13(16)15-19(17,18)9-8-11-6-4-3-5-7-11/h3-9H,1-2H3,(H,15,16). The number of carbonyl (C=O) groups is 1. The van der Waals surface area contributed by atoms with Crippen LogP contribution in [-0.2, 0) is 14.8 Å². The van der Waals surface area contributed by atoms with Gasteiger partial charge in [-0.25, -0.2) is 17.5 Å². The Labute approximate surface area is 111 Å². The van der Waals surface area contributed by atoms with Crippen LogP contribution in [0, 0.1) is 0 Å². The third-order valence-electron chi connectivity index (χ3n) is 2.11. The van der Waals surface area contributed by atoms with E-state index in [1.807, 2.05) is 0 Å². The number of rotatable bonds is 4. The molecule has 102 valence electrons. The molecule has 0 spiro atoms. The lowest BCUT2D eigenvalue weighted by Gasteiger charge is -2.02. The number of amides is 1. The molecule has 0 saturated carbocycles. The maximum Gasteiger partial charge on any atom is 0.293 e. The lowest BCUT2D eigenvalue weighted by Crippen LogP contribution is -2.29. The number of nitrogens with one attached hydrogen (secondary N) is 1. The van der Waals surface area contributed by atoms with Gasteiger partial charge < -0.3 is 0 Å². The monoisotopic (exact) mass is 283 g/mol. The third kappa shape index (κ3) is 5.05. The molecule has 1 amide bonds. The summed E-state index contributed by atoms with van der Waals surface area (Å²) in [4.78, 5) is 11.3. The highest BCUT2D eigenvalue weighted by Gasteiger charge is 2.16. The molecule has 0 unspecified atom stereocenters. The highest BCUT2D eigenvalue weighted by atomic mass is 32.2. The van der Waals surface area contributed by atoms with Crippen LogP contribution in [0.3, 0.4) is 0 Å².